The van der Waals surface area contributed by atoms with Crippen LogP contribution < -0.4 is 5.32 Å². The first-order chi connectivity index (χ1) is 12.1. The molecule has 3 aromatic rings. The van der Waals surface area contributed by atoms with E-state index in [1.807, 2.05) is 12.1 Å². The second-order valence-corrected chi connectivity index (χ2v) is 5.95. The van der Waals surface area contributed by atoms with Gasteiger partial charge in [0.15, 0.2) is 5.82 Å². The molecule has 0 saturated heterocycles. The Morgan fingerprint density at radius 3 is 2.68 bits per heavy atom. The van der Waals surface area contributed by atoms with Gasteiger partial charge < -0.3 is 10.4 Å². The second-order valence-electron chi connectivity index (χ2n) is 5.51. The summed E-state index contributed by atoms with van der Waals surface area (Å²) >= 11 is 5.93. The first-order valence-corrected chi connectivity index (χ1v) is 8.00. The lowest BCUT2D eigenvalue weighted by molar-refractivity contribution is 0.0917. The Hall–Kier alpha value is -2.77. The maximum Gasteiger partial charge on any atom is 0.270 e. The van der Waals surface area contributed by atoms with E-state index in [2.05, 4.69) is 25.5 Å². The van der Waals surface area contributed by atoms with Gasteiger partial charge in [0.1, 0.15) is 5.69 Å². The first kappa shape index (κ1) is 17.1. The summed E-state index contributed by atoms with van der Waals surface area (Å²) in [5.74, 6) is -0.00749. The fourth-order valence-electron chi connectivity index (χ4n) is 2.18. The topological polar surface area (TPSA) is 104 Å². The van der Waals surface area contributed by atoms with Gasteiger partial charge in [0.25, 0.3) is 5.91 Å². The lowest BCUT2D eigenvalue weighted by Crippen LogP contribution is -2.35. The van der Waals surface area contributed by atoms with Gasteiger partial charge in [0.05, 0.1) is 24.1 Å². The molecule has 0 aliphatic heterocycles. The van der Waals surface area contributed by atoms with Gasteiger partial charge in [-0.1, -0.05) is 23.7 Å². The molecule has 0 spiro atoms. The number of benzene rings is 1. The number of aliphatic hydroxyl groups excluding tert-OH is 1. The molecule has 0 radical (unpaired) electrons. The van der Waals surface area contributed by atoms with Gasteiger partial charge >= 0.3 is 0 Å². The first-order valence-electron chi connectivity index (χ1n) is 7.62. The average molecular weight is 358 g/mol. The summed E-state index contributed by atoms with van der Waals surface area (Å²) in [6.45, 7) is 1.55. The monoisotopic (exact) mass is 357 g/mol. The SMILES string of the molecule is C[C@@H](CO)NC(=O)c1cc(-c2ccc(Cl)cc2)nc(-c2cn[nH]c2)n1. The number of carbonyl (C=O) groups is 1. The summed E-state index contributed by atoms with van der Waals surface area (Å²) < 4.78 is 0. The minimum absolute atomic E-state index is 0.157. The lowest BCUT2D eigenvalue weighted by atomic mass is 10.1. The standard InChI is InChI=1S/C17H16ClN5O2/c1-10(9-24)21-17(25)15-6-14(11-2-4-13(18)5-3-11)22-16(23-15)12-7-19-20-8-12/h2-8,10,24H,9H2,1H3,(H,19,20)(H,21,25)/t10-/m0/s1. The van der Waals surface area contributed by atoms with E-state index < -0.39 is 0 Å². The van der Waals surface area contributed by atoms with Gasteiger partial charge in [-0.3, -0.25) is 9.89 Å². The summed E-state index contributed by atoms with van der Waals surface area (Å²) in [6.07, 6.45) is 3.23. The van der Waals surface area contributed by atoms with Crippen LogP contribution in [0.5, 0.6) is 0 Å². The van der Waals surface area contributed by atoms with E-state index in [1.165, 1.54) is 0 Å². The van der Waals surface area contributed by atoms with Gasteiger partial charge in [-0.2, -0.15) is 5.10 Å². The van der Waals surface area contributed by atoms with Crippen LogP contribution in [0, 0.1) is 0 Å². The van der Waals surface area contributed by atoms with Crippen molar-refractivity contribution in [3.8, 4) is 22.6 Å². The number of amides is 1. The van der Waals surface area contributed by atoms with Crippen LogP contribution in [-0.2, 0) is 0 Å². The van der Waals surface area contributed by atoms with E-state index in [1.54, 1.807) is 37.5 Å². The molecular weight excluding hydrogens is 342 g/mol. The third-order valence-corrected chi connectivity index (χ3v) is 3.76. The van der Waals surface area contributed by atoms with Crippen LogP contribution in [0.15, 0.2) is 42.7 Å². The summed E-state index contributed by atoms with van der Waals surface area (Å²) in [4.78, 5) is 21.2. The zero-order valence-electron chi connectivity index (χ0n) is 13.4. The Morgan fingerprint density at radius 2 is 2.04 bits per heavy atom. The molecule has 1 atom stereocenters. The highest BCUT2D eigenvalue weighted by atomic mass is 35.5. The Balaban J connectivity index is 2.05. The number of carbonyl (C=O) groups excluding carboxylic acids is 1. The smallest absolute Gasteiger partial charge is 0.270 e. The van der Waals surface area contributed by atoms with Gasteiger partial charge in [-0.25, -0.2) is 9.97 Å². The summed E-state index contributed by atoms with van der Waals surface area (Å²) in [7, 11) is 0. The zero-order chi connectivity index (χ0) is 17.8. The van der Waals surface area contributed by atoms with Crippen molar-refractivity contribution in [1.29, 1.82) is 0 Å². The number of aliphatic hydroxyl groups is 1. The third-order valence-electron chi connectivity index (χ3n) is 3.51. The number of hydrogen-bond acceptors (Lipinski definition) is 5. The molecule has 3 N–H and O–H groups in total. The van der Waals surface area contributed by atoms with E-state index in [-0.39, 0.29) is 24.2 Å². The van der Waals surface area contributed by atoms with E-state index in [0.29, 0.717) is 22.1 Å². The summed E-state index contributed by atoms with van der Waals surface area (Å²) in [5, 5.41) is 19.0. The van der Waals surface area contributed by atoms with Crippen LogP contribution >= 0.6 is 11.6 Å². The molecule has 0 fully saturated rings. The van der Waals surface area contributed by atoms with Crippen molar-refractivity contribution < 1.29 is 9.90 Å². The maximum absolute atomic E-state index is 12.4. The second kappa shape index (κ2) is 7.42. The number of hydrogen-bond donors (Lipinski definition) is 3. The van der Waals surface area contributed by atoms with E-state index in [9.17, 15) is 4.79 Å². The number of aromatic amines is 1. The molecule has 0 unspecified atom stereocenters. The number of nitrogens with zero attached hydrogens (tertiary/aromatic N) is 3. The number of H-pyrrole nitrogens is 1. The van der Waals surface area contributed by atoms with Crippen LogP contribution in [0.4, 0.5) is 0 Å². The van der Waals surface area contributed by atoms with Crippen molar-refractivity contribution in [2.24, 2.45) is 0 Å². The number of aromatic nitrogens is 4. The van der Waals surface area contributed by atoms with Crippen LogP contribution in [0.2, 0.25) is 5.02 Å². The van der Waals surface area contributed by atoms with Crippen molar-refractivity contribution in [3.05, 3.63) is 53.4 Å². The highest BCUT2D eigenvalue weighted by Crippen LogP contribution is 2.23. The van der Waals surface area contributed by atoms with Crippen LogP contribution in [0.1, 0.15) is 17.4 Å². The molecule has 128 valence electrons. The van der Waals surface area contributed by atoms with Crippen molar-refractivity contribution >= 4 is 17.5 Å². The molecule has 0 saturated carbocycles. The van der Waals surface area contributed by atoms with Gasteiger partial charge in [-0.05, 0) is 25.1 Å². The minimum atomic E-state index is -0.385. The Morgan fingerprint density at radius 1 is 1.28 bits per heavy atom. The quantitative estimate of drug-likeness (QED) is 0.650. The molecule has 0 aliphatic rings. The Labute approximate surface area is 149 Å². The molecule has 2 heterocycles. The molecule has 8 heteroatoms. The molecular formula is C17H16ClN5O2. The highest BCUT2D eigenvalue weighted by Gasteiger charge is 2.16. The minimum Gasteiger partial charge on any atom is -0.394 e. The third kappa shape index (κ3) is 4.01. The molecule has 1 aromatic carbocycles. The number of halogens is 1. The normalized spacial score (nSPS) is 12.0. The van der Waals surface area contributed by atoms with Gasteiger partial charge in [0, 0.05) is 22.8 Å². The average Bonchev–Trinajstić information content (AvgIpc) is 3.16. The van der Waals surface area contributed by atoms with Crippen molar-refractivity contribution in [2.45, 2.75) is 13.0 Å². The fraction of sp³-hybridized carbons (Fsp3) is 0.176. The van der Waals surface area contributed by atoms with Gasteiger partial charge in [0.2, 0.25) is 0 Å². The number of nitrogens with one attached hydrogen (secondary N) is 2. The molecule has 2 aromatic heterocycles. The molecule has 0 aliphatic carbocycles. The molecule has 25 heavy (non-hydrogen) atoms. The van der Waals surface area contributed by atoms with Crippen molar-refractivity contribution in [2.75, 3.05) is 6.61 Å². The lowest BCUT2D eigenvalue weighted by Gasteiger charge is -2.12. The van der Waals surface area contributed by atoms with Crippen LogP contribution in [0.25, 0.3) is 22.6 Å². The summed E-state index contributed by atoms with van der Waals surface area (Å²) in [6, 6.07) is 8.38. The summed E-state index contributed by atoms with van der Waals surface area (Å²) in [5.41, 5.74) is 2.27. The van der Waals surface area contributed by atoms with Crippen molar-refractivity contribution in [3.63, 3.8) is 0 Å². The predicted octanol–water partition coefficient (Wildman–Crippen LogP) is 2.30. The van der Waals surface area contributed by atoms with E-state index in [4.69, 9.17) is 16.7 Å². The highest BCUT2D eigenvalue weighted by molar-refractivity contribution is 6.30. The molecule has 7 nitrogen and oxygen atoms in total. The number of rotatable bonds is 5. The molecule has 3 rings (SSSR count). The fourth-order valence-corrected chi connectivity index (χ4v) is 2.30. The molecule has 0 bridgehead atoms. The zero-order valence-corrected chi connectivity index (χ0v) is 14.2. The Kier molecular flexibility index (Phi) is 5.06. The van der Waals surface area contributed by atoms with Gasteiger partial charge in [-0.15, -0.1) is 0 Å². The van der Waals surface area contributed by atoms with E-state index in [0.717, 1.165) is 5.56 Å². The van der Waals surface area contributed by atoms with Crippen molar-refractivity contribution in [1.82, 2.24) is 25.5 Å². The predicted molar refractivity (Wildman–Crippen MR) is 94.1 cm³/mol. The van der Waals surface area contributed by atoms with E-state index >= 15 is 0 Å². The van der Waals surface area contributed by atoms with Crippen LogP contribution in [0.3, 0.4) is 0 Å². The van der Waals surface area contributed by atoms with Crippen LogP contribution in [-0.4, -0.2) is 43.8 Å². The maximum atomic E-state index is 12.4. The molecule has 1 amide bonds. The Bertz CT molecular complexity index is 865. The largest absolute Gasteiger partial charge is 0.394 e.